The summed E-state index contributed by atoms with van der Waals surface area (Å²) in [4.78, 5) is 198. The monoisotopic (exact) mass is 1710 g/mol. The average molecular weight is 1710 g/mol. The van der Waals surface area contributed by atoms with Gasteiger partial charge in [0.05, 0.1) is 25.7 Å². The number of carboxylic acid groups (broad SMARTS) is 1. The van der Waals surface area contributed by atoms with Crippen molar-refractivity contribution in [2.24, 2.45) is 40.7 Å². The fourth-order valence-electron chi connectivity index (χ4n) is 14.1. The van der Waals surface area contributed by atoms with Gasteiger partial charge in [-0.2, -0.15) is 0 Å². The Morgan fingerprint density at radius 3 is 1.00 bits per heavy atom. The Labute approximate surface area is 715 Å². The van der Waals surface area contributed by atoms with Crippen LogP contribution in [0.25, 0.3) is 43.6 Å². The van der Waals surface area contributed by atoms with Crippen LogP contribution in [-0.2, 0) is 88.0 Å². The predicted octanol–water partition coefficient (Wildman–Crippen LogP) is -0.846. The molecule has 8 aromatic rings. The van der Waals surface area contributed by atoms with E-state index < -0.39 is 169 Å². The molecule has 12 amide bonds. The third-order valence-electron chi connectivity index (χ3n) is 20.7. The first-order valence-electron chi connectivity index (χ1n) is 41.1. The second kappa shape index (κ2) is 46.6. The summed E-state index contributed by atoms with van der Waals surface area (Å²) in [7, 11) is 0. The Hall–Kier alpha value is -14.1. The number of aliphatic carboxylic acids is 1. The molecule has 4 aromatic heterocycles. The van der Waals surface area contributed by atoms with Crippen molar-refractivity contribution in [3.05, 3.63) is 144 Å². The van der Waals surface area contributed by atoms with Gasteiger partial charge in [0, 0.05) is 114 Å². The van der Waals surface area contributed by atoms with Crippen LogP contribution < -0.4 is 103 Å². The van der Waals surface area contributed by atoms with Crippen molar-refractivity contribution in [3.63, 3.8) is 0 Å². The molecular weight excluding hydrogens is 1600 g/mol. The zero-order valence-corrected chi connectivity index (χ0v) is 70.1. The number of carbonyl (C=O) groups excluding carboxylic acids is 12. The van der Waals surface area contributed by atoms with Crippen LogP contribution in [0, 0.1) is 34.0 Å². The van der Waals surface area contributed by atoms with Gasteiger partial charge < -0.3 is 128 Å². The minimum Gasteiger partial charge on any atom is -0.480 e. The highest BCUT2D eigenvalue weighted by Crippen LogP contribution is 2.25. The molecule has 0 fully saturated rings. The molecule has 0 unspecified atom stereocenters. The largest absolute Gasteiger partial charge is 0.480 e. The van der Waals surface area contributed by atoms with Crippen LogP contribution in [0.5, 0.6) is 0 Å². The number of benzene rings is 4. The van der Waals surface area contributed by atoms with E-state index in [0.717, 1.165) is 0 Å². The van der Waals surface area contributed by atoms with E-state index in [4.69, 9.17) is 39.2 Å². The molecule has 0 saturated heterocycles. The number of fused-ring (bicyclic) bond motifs is 4. The van der Waals surface area contributed by atoms with E-state index >= 15 is 24.0 Å². The Balaban J connectivity index is 1.01. The number of amides is 12. The van der Waals surface area contributed by atoms with Crippen molar-refractivity contribution in [3.8, 4) is 0 Å². The summed E-state index contributed by atoms with van der Waals surface area (Å²) in [6.07, 6.45) is 6.80. The molecule has 31 N–H and O–H groups in total. The second-order valence-electron chi connectivity index (χ2n) is 31.5. The van der Waals surface area contributed by atoms with E-state index in [1.165, 1.54) is 0 Å². The molecule has 0 aliphatic rings. The van der Waals surface area contributed by atoms with Crippen LogP contribution in [-0.4, -0.2) is 219 Å². The van der Waals surface area contributed by atoms with Crippen molar-refractivity contribution in [1.82, 2.24) is 99.7 Å². The molecule has 10 atom stereocenters. The van der Waals surface area contributed by atoms with Crippen molar-refractivity contribution in [2.45, 2.75) is 173 Å². The highest BCUT2D eigenvalue weighted by molar-refractivity contribution is 6.01. The van der Waals surface area contributed by atoms with Gasteiger partial charge in [-0.1, -0.05) is 114 Å². The van der Waals surface area contributed by atoms with Crippen molar-refractivity contribution in [1.29, 1.82) is 16.2 Å². The van der Waals surface area contributed by atoms with Crippen molar-refractivity contribution in [2.75, 3.05) is 39.3 Å². The number of nitrogens with one attached hydrogen (secondary N) is 22. The lowest BCUT2D eigenvalue weighted by Gasteiger charge is -2.30. The van der Waals surface area contributed by atoms with Crippen LogP contribution in [0.1, 0.15) is 109 Å². The number of carbonyl (C=O) groups is 13. The van der Waals surface area contributed by atoms with Crippen LogP contribution in [0.2, 0.25) is 0 Å². The molecule has 0 saturated carbocycles. The van der Waals surface area contributed by atoms with E-state index in [9.17, 15) is 43.5 Å². The van der Waals surface area contributed by atoms with Crippen molar-refractivity contribution >= 4 is 138 Å². The topological polar surface area (TPSA) is 661 Å². The number of aromatic nitrogens is 4. The molecule has 0 aliphatic heterocycles. The zero-order valence-electron chi connectivity index (χ0n) is 70.1. The Kier molecular flexibility index (Phi) is 35.9. The quantitative estimate of drug-likeness (QED) is 0.0125. The van der Waals surface area contributed by atoms with Gasteiger partial charge in [-0.05, 0) is 109 Å². The summed E-state index contributed by atoms with van der Waals surface area (Å²) in [5, 5.41) is 75.3. The van der Waals surface area contributed by atoms with Crippen LogP contribution in [0.15, 0.2) is 122 Å². The smallest absolute Gasteiger partial charge is 0.326 e. The third-order valence-corrected chi connectivity index (χ3v) is 20.7. The maximum absolute atomic E-state index is 15.6. The first-order chi connectivity index (χ1) is 59.1. The average Bonchev–Trinajstić information content (AvgIpc) is 1.51. The van der Waals surface area contributed by atoms with Gasteiger partial charge in [0.25, 0.3) is 0 Å². The van der Waals surface area contributed by atoms with Gasteiger partial charge in [-0.3, -0.25) is 73.8 Å². The lowest BCUT2D eigenvalue weighted by molar-refractivity contribution is -0.142. The third kappa shape index (κ3) is 29.1. The Morgan fingerprint density at radius 2 is 0.637 bits per heavy atom. The lowest BCUT2D eigenvalue weighted by atomic mass is 9.98. The fraction of sp³-hybridized carbons (Fsp3) is 0.429. The number of aromatic amines is 4. The maximum atomic E-state index is 15.6. The molecule has 0 radical (unpaired) electrons. The maximum Gasteiger partial charge on any atom is 0.326 e. The molecule has 0 spiro atoms. The molecule has 4 aromatic carbocycles. The minimum absolute atomic E-state index is 0.0668. The van der Waals surface area contributed by atoms with Crippen molar-refractivity contribution < 1.29 is 67.4 Å². The van der Waals surface area contributed by atoms with Gasteiger partial charge in [0.2, 0.25) is 70.9 Å². The number of H-pyrrole nitrogens is 4. The molecule has 4 heterocycles. The highest BCUT2D eigenvalue weighted by Gasteiger charge is 2.38. The number of hydrogen-bond acceptors (Lipinski definition) is 17. The molecule has 8 rings (SSSR count). The number of guanidine groups is 3. The first-order valence-corrected chi connectivity index (χ1v) is 41.1. The molecule has 0 aliphatic carbocycles. The molecule has 40 heteroatoms. The number of para-hydroxylation sites is 4. The zero-order chi connectivity index (χ0) is 90.3. The number of carboxylic acids is 1. The van der Waals surface area contributed by atoms with E-state index in [0.29, 0.717) is 78.8 Å². The molecule has 666 valence electrons. The predicted molar refractivity (Wildman–Crippen MR) is 467 cm³/mol. The number of rotatable bonds is 49. The summed E-state index contributed by atoms with van der Waals surface area (Å²) in [6.45, 7) is 8.79. The van der Waals surface area contributed by atoms with Crippen LogP contribution >= 0.6 is 0 Å². The number of nitrogens with two attached hydrogens (primary N) is 4. The second-order valence-corrected chi connectivity index (χ2v) is 31.5. The standard InChI is InChI=1S/C84H116N26O14/c1-44(2)32-62(105-72(114)55(85)22-15-29-92-82(86)87)73(115)101-42-68(112)99-41-67(111)100-43-69(113)102-63(33-47-37-95-56-23-11-7-18-51(47)56)77(119)109-70(45(3)4)79(121)108-65(35-49-39-97-58-25-13-9-20-53(49)58)76(118)106-66(36-50-40-98-59-26-14-10-21-54(50)59)78(120)110-71(46(5)6)80(122)107-64(34-48-38-96-57-24-12-8-19-52(48)57)75(117)103-60(27-16-30-93-83(88)89)74(116)104-61(81(123)124)28-17-31-94-84(90)91/h7-14,18-21,23-26,37-40,44-46,55,60-66,70-71,95-98H,15-17,22,27-36,41-43,85H2,1-6H3,(H,99,112)(H,100,111)(H,101,115)(H,102,113)(H,103,117)(H,104,116)(H,105,114)(H,106,118)(H,107,122)(H,108,121)(H,109,119)(H,110,120)(H,123,124)(H4,86,87,92)(H4,88,89,93)(H4,90,91,94)/t55-,60-,61-,62-,63-,64-,65-,66-,70-,71-/m0/s1. The Bertz CT molecular complexity index is 5110. The van der Waals surface area contributed by atoms with Gasteiger partial charge >= 0.3 is 5.97 Å². The normalized spacial score (nSPS) is 13.7. The summed E-state index contributed by atoms with van der Waals surface area (Å²) in [5.41, 5.74) is 27.4. The van der Waals surface area contributed by atoms with Crippen LogP contribution in [0.3, 0.4) is 0 Å². The van der Waals surface area contributed by atoms with Gasteiger partial charge in [0.1, 0.15) is 54.4 Å². The Morgan fingerprint density at radius 1 is 0.339 bits per heavy atom. The highest BCUT2D eigenvalue weighted by atomic mass is 16.4. The van der Waals surface area contributed by atoms with Gasteiger partial charge in [0.15, 0.2) is 17.9 Å². The first kappa shape index (κ1) is 95.4. The minimum atomic E-state index is -1.54. The summed E-state index contributed by atoms with van der Waals surface area (Å²) < 4.78 is 0. The summed E-state index contributed by atoms with van der Waals surface area (Å²) in [5.74, 6) is -13.7. The molecule has 40 nitrogen and oxygen atoms in total. The molecule has 0 bridgehead atoms. The van der Waals surface area contributed by atoms with E-state index in [-0.39, 0.29) is 101 Å². The fourth-order valence-corrected chi connectivity index (χ4v) is 14.1. The SMILES string of the molecule is CC(C)C[C@H](NC(=O)[C@@H](N)CCCNC(=N)N)C(=O)NCC(=O)NCC(=O)NCC(=O)N[C@@H](Cc1c[nH]c2ccccc12)C(=O)N[C@H](C(=O)N[C@@H](Cc1c[nH]c2ccccc12)C(=O)N[C@@H](Cc1c[nH]c2ccccc12)C(=O)N[C@H](C(=O)N[C@@H](Cc1c[nH]c2ccccc12)C(=O)N[C@@H](CCCNC(=N)N)C(=O)N[C@@H](CCCNC(=N)N)C(=O)O)C(C)C)C(C)C. The van der Waals surface area contributed by atoms with E-state index in [1.54, 1.807) is 119 Å². The van der Waals surface area contributed by atoms with E-state index in [1.807, 2.05) is 44.2 Å². The molecule has 124 heavy (non-hydrogen) atoms. The van der Waals surface area contributed by atoms with Gasteiger partial charge in [-0.15, -0.1) is 0 Å². The van der Waals surface area contributed by atoms with E-state index in [2.05, 4.69) is 99.7 Å². The van der Waals surface area contributed by atoms with Gasteiger partial charge in [-0.25, -0.2) is 4.79 Å². The number of hydrogen-bond donors (Lipinski definition) is 27. The lowest BCUT2D eigenvalue weighted by Crippen LogP contribution is -2.62. The molecular formula is C84H116N26O14. The summed E-state index contributed by atoms with van der Waals surface area (Å²) in [6, 6.07) is 15.0. The van der Waals surface area contributed by atoms with Crippen LogP contribution in [0.4, 0.5) is 0 Å². The summed E-state index contributed by atoms with van der Waals surface area (Å²) >= 11 is 0.